The van der Waals surface area contributed by atoms with Crippen molar-refractivity contribution in [1.29, 1.82) is 0 Å². The molecule has 0 rings (SSSR count). The lowest BCUT2D eigenvalue weighted by atomic mass is 10.0. The number of rotatable bonds is 15. The van der Waals surface area contributed by atoms with Gasteiger partial charge in [-0.1, -0.05) is 104 Å². The second-order valence-electron chi connectivity index (χ2n) is 6.48. The van der Waals surface area contributed by atoms with Crippen LogP contribution >= 0.6 is 8.58 Å². The Kier molecular flexibility index (Phi) is 23.7. The van der Waals surface area contributed by atoms with Gasteiger partial charge in [-0.05, 0) is 13.8 Å². The maximum Gasteiger partial charge on any atom is 0.155 e. The smallest absolute Gasteiger partial charge is 0.155 e. The largest absolute Gasteiger partial charge is 0.295 e. The van der Waals surface area contributed by atoms with Crippen LogP contribution in [0, 0.1) is 0 Å². The summed E-state index contributed by atoms with van der Waals surface area (Å²) in [6, 6.07) is 0. The van der Waals surface area contributed by atoms with Gasteiger partial charge in [0.25, 0.3) is 0 Å². The zero-order valence-electron chi connectivity index (χ0n) is 16.2. The Morgan fingerprint density at radius 3 is 0.870 bits per heavy atom. The first kappa shape index (κ1) is 25.0. The van der Waals surface area contributed by atoms with Crippen molar-refractivity contribution in [2.75, 3.05) is 0 Å². The van der Waals surface area contributed by atoms with Crippen LogP contribution in [0.2, 0.25) is 0 Å². The zero-order chi connectivity index (χ0) is 17.8. The summed E-state index contributed by atoms with van der Waals surface area (Å²) in [5, 5.41) is 0. The van der Waals surface area contributed by atoms with Gasteiger partial charge in [-0.25, -0.2) is 0 Å². The molecule has 0 amide bonds. The molecule has 0 aromatic heterocycles. The van der Waals surface area contributed by atoms with E-state index in [9.17, 15) is 9.59 Å². The predicted molar refractivity (Wildman–Crippen MR) is 106 cm³/mol. The molecule has 0 spiro atoms. The van der Waals surface area contributed by atoms with E-state index in [1.165, 1.54) is 104 Å². The van der Waals surface area contributed by atoms with Gasteiger partial charge in [-0.15, -0.1) is 0 Å². The molecular formula is C20H41O2P. The topological polar surface area (TPSA) is 34.1 Å². The highest BCUT2D eigenvalue weighted by Crippen LogP contribution is 2.12. The maximum absolute atomic E-state index is 10.0. The molecule has 0 aromatic carbocycles. The van der Waals surface area contributed by atoms with Gasteiger partial charge in [-0.2, -0.15) is 0 Å². The molecule has 0 atom stereocenters. The molecular weight excluding hydrogens is 303 g/mol. The van der Waals surface area contributed by atoms with E-state index in [4.69, 9.17) is 0 Å². The molecule has 0 aliphatic heterocycles. The molecule has 0 aliphatic rings. The van der Waals surface area contributed by atoms with Crippen LogP contribution < -0.4 is 0 Å². The van der Waals surface area contributed by atoms with Crippen LogP contribution in [0.4, 0.5) is 0 Å². The van der Waals surface area contributed by atoms with Gasteiger partial charge in [0.15, 0.2) is 11.0 Å². The molecule has 0 aromatic rings. The third-order valence-electron chi connectivity index (χ3n) is 3.81. The van der Waals surface area contributed by atoms with Crippen molar-refractivity contribution in [2.24, 2.45) is 0 Å². The van der Waals surface area contributed by atoms with E-state index >= 15 is 0 Å². The van der Waals surface area contributed by atoms with Gasteiger partial charge < -0.3 is 0 Å². The average Bonchev–Trinajstić information content (AvgIpc) is 2.48. The first-order valence-electron chi connectivity index (χ1n) is 9.82. The minimum Gasteiger partial charge on any atom is -0.295 e. The first-order valence-corrected chi connectivity index (χ1v) is 10.8. The van der Waals surface area contributed by atoms with Crippen molar-refractivity contribution in [2.45, 2.75) is 118 Å². The van der Waals surface area contributed by atoms with Gasteiger partial charge in [-0.3, -0.25) is 9.59 Å². The number of carbonyl (C=O) groups excluding carboxylic acids is 2. The molecule has 0 radical (unpaired) electrons. The van der Waals surface area contributed by atoms with Crippen molar-refractivity contribution >= 4 is 19.6 Å². The molecule has 0 bridgehead atoms. The van der Waals surface area contributed by atoms with Crippen LogP contribution in [0.5, 0.6) is 0 Å². The van der Waals surface area contributed by atoms with Crippen LogP contribution in [0.25, 0.3) is 0 Å². The summed E-state index contributed by atoms with van der Waals surface area (Å²) in [5.74, 6) is 0. The molecule has 0 N–H and O–H groups in total. The van der Waals surface area contributed by atoms with Gasteiger partial charge in [0.05, 0.1) is 0 Å². The van der Waals surface area contributed by atoms with E-state index in [0.717, 1.165) is 0 Å². The second kappa shape index (κ2) is 21.8. The van der Waals surface area contributed by atoms with Crippen molar-refractivity contribution < 1.29 is 9.59 Å². The van der Waals surface area contributed by atoms with E-state index in [-0.39, 0.29) is 19.6 Å². The quantitative estimate of drug-likeness (QED) is 0.232. The second-order valence-corrected chi connectivity index (χ2v) is 8.14. The highest BCUT2D eigenvalue weighted by Gasteiger charge is 1.94. The van der Waals surface area contributed by atoms with Crippen LogP contribution in [-0.2, 0) is 9.59 Å². The molecule has 0 unspecified atom stereocenters. The number of hydrogen-bond donors (Lipinski definition) is 0. The summed E-state index contributed by atoms with van der Waals surface area (Å²) in [5.41, 5.74) is -0.0694. The molecule has 3 heteroatoms. The Balaban J connectivity index is 0. The van der Waals surface area contributed by atoms with E-state index in [1.54, 1.807) is 0 Å². The van der Waals surface area contributed by atoms with Gasteiger partial charge in [0, 0.05) is 8.58 Å². The lowest BCUT2D eigenvalue weighted by molar-refractivity contribution is -0.111. The first-order chi connectivity index (χ1) is 11.0. The van der Waals surface area contributed by atoms with Gasteiger partial charge >= 0.3 is 0 Å². The summed E-state index contributed by atoms with van der Waals surface area (Å²) < 4.78 is 0. The van der Waals surface area contributed by atoms with Crippen LogP contribution in [0.3, 0.4) is 0 Å². The Hall–Kier alpha value is -0.230. The van der Waals surface area contributed by atoms with E-state index in [0.29, 0.717) is 0 Å². The SMILES string of the molecule is CC(=O)PC(C)=O.CCCCCCCCCCCCCCCC. The fraction of sp³-hybridized carbons (Fsp3) is 0.900. The monoisotopic (exact) mass is 344 g/mol. The van der Waals surface area contributed by atoms with Crippen molar-refractivity contribution in [1.82, 2.24) is 0 Å². The van der Waals surface area contributed by atoms with Gasteiger partial charge in [0.2, 0.25) is 0 Å². The molecule has 2 nitrogen and oxygen atoms in total. The van der Waals surface area contributed by atoms with Crippen LogP contribution in [0.15, 0.2) is 0 Å². The van der Waals surface area contributed by atoms with Crippen molar-refractivity contribution in [3.8, 4) is 0 Å². The minimum atomic E-state index is -0.133. The number of carbonyl (C=O) groups is 2. The standard InChI is InChI=1S/C16H34.C4H7O2P/c1-3-5-7-9-11-13-15-16-14-12-10-8-6-4-2;1-3(5)7-4(2)6/h3-16H2,1-2H3;7H,1-2H3. The fourth-order valence-electron chi connectivity index (χ4n) is 2.52. The molecule has 0 aliphatic carbocycles. The number of unbranched alkanes of at least 4 members (excludes halogenated alkanes) is 13. The molecule has 0 saturated carbocycles. The fourth-order valence-corrected chi connectivity index (χ4v) is 3.01. The van der Waals surface area contributed by atoms with E-state index in [1.807, 2.05) is 0 Å². The molecule has 0 saturated heterocycles. The zero-order valence-corrected chi connectivity index (χ0v) is 17.2. The lowest BCUT2D eigenvalue weighted by Gasteiger charge is -2.02. The van der Waals surface area contributed by atoms with Crippen molar-refractivity contribution in [3.63, 3.8) is 0 Å². The van der Waals surface area contributed by atoms with E-state index in [2.05, 4.69) is 13.8 Å². The normalized spacial score (nSPS) is 10.1. The molecule has 0 fully saturated rings. The van der Waals surface area contributed by atoms with Crippen LogP contribution in [-0.4, -0.2) is 11.0 Å². The molecule has 138 valence electrons. The summed E-state index contributed by atoms with van der Waals surface area (Å²) in [6.07, 6.45) is 20.4. The minimum absolute atomic E-state index is 0.0347. The maximum atomic E-state index is 10.0. The molecule has 0 heterocycles. The van der Waals surface area contributed by atoms with Crippen molar-refractivity contribution in [3.05, 3.63) is 0 Å². The Labute approximate surface area is 147 Å². The Bertz CT molecular complexity index is 238. The predicted octanol–water partition coefficient (Wildman–Crippen LogP) is 7.25. The highest BCUT2D eigenvalue weighted by molar-refractivity contribution is 7.73. The number of hydrogen-bond acceptors (Lipinski definition) is 2. The lowest BCUT2D eigenvalue weighted by Crippen LogP contribution is -1.83. The van der Waals surface area contributed by atoms with Gasteiger partial charge in [0.1, 0.15) is 0 Å². The summed E-state index contributed by atoms with van der Waals surface area (Å²) >= 11 is 0. The van der Waals surface area contributed by atoms with E-state index < -0.39 is 0 Å². The summed E-state index contributed by atoms with van der Waals surface area (Å²) in [6.45, 7) is 7.41. The third-order valence-corrected chi connectivity index (χ3v) is 4.51. The summed E-state index contributed by atoms with van der Waals surface area (Å²) in [4.78, 5) is 20.1. The van der Waals surface area contributed by atoms with Crippen LogP contribution in [0.1, 0.15) is 118 Å². The summed E-state index contributed by atoms with van der Waals surface area (Å²) in [7, 11) is -0.133. The average molecular weight is 345 g/mol. The highest BCUT2D eigenvalue weighted by atomic mass is 31.1. The Morgan fingerprint density at radius 2 is 0.739 bits per heavy atom. The molecule has 23 heavy (non-hydrogen) atoms. The third kappa shape index (κ3) is 30.3. The Morgan fingerprint density at radius 1 is 0.522 bits per heavy atom.